The van der Waals surface area contributed by atoms with Gasteiger partial charge in [-0.15, -0.1) is 0 Å². The van der Waals surface area contributed by atoms with Crippen molar-refractivity contribution >= 4 is 21.3 Å². The highest BCUT2D eigenvalue weighted by Gasteiger charge is 2.21. The zero-order valence-corrected chi connectivity index (χ0v) is 17.1. The summed E-state index contributed by atoms with van der Waals surface area (Å²) in [5.74, 6) is -2.70. The van der Waals surface area contributed by atoms with Gasteiger partial charge in [0.15, 0.2) is 11.6 Å². The number of likely N-dealkylation sites (N-methyl/N-ethyl adjacent to an activating group) is 1. The summed E-state index contributed by atoms with van der Waals surface area (Å²) in [5, 5.41) is 0. The number of sulfonamides is 1. The Balaban J connectivity index is 2.11. The maximum atomic E-state index is 14.7. The summed E-state index contributed by atoms with van der Waals surface area (Å²) in [7, 11) is -1.92. The minimum Gasteiger partial charge on any atom is -0.454 e. The van der Waals surface area contributed by atoms with Gasteiger partial charge in [-0.05, 0) is 43.3 Å². The Bertz CT molecular complexity index is 1170. The van der Waals surface area contributed by atoms with E-state index in [1.165, 1.54) is 37.4 Å². The Labute approximate surface area is 172 Å². The second kappa shape index (κ2) is 8.27. The summed E-state index contributed by atoms with van der Waals surface area (Å²) in [6.07, 6.45) is 2.67. The van der Waals surface area contributed by atoms with Gasteiger partial charge in [0.1, 0.15) is 17.4 Å². The third-order valence-corrected chi connectivity index (χ3v) is 5.67. The summed E-state index contributed by atoms with van der Waals surface area (Å²) in [6, 6.07) is 6.96. The van der Waals surface area contributed by atoms with Crippen LogP contribution in [0.15, 0.2) is 66.8 Å². The van der Waals surface area contributed by atoms with Crippen molar-refractivity contribution < 1.29 is 26.3 Å². The molecule has 9 heteroatoms. The molecule has 1 aliphatic rings. The number of hydrogen-bond donors (Lipinski definition) is 1. The lowest BCUT2D eigenvalue weighted by Gasteiger charge is -2.23. The number of halogens is 3. The van der Waals surface area contributed by atoms with E-state index in [1.807, 2.05) is 0 Å². The molecule has 3 rings (SSSR count). The molecule has 0 bridgehead atoms. The lowest BCUT2D eigenvalue weighted by molar-refractivity contribution is 0.436. The maximum Gasteiger partial charge on any atom is 0.232 e. The third kappa shape index (κ3) is 4.68. The van der Waals surface area contributed by atoms with Crippen molar-refractivity contribution in [3.63, 3.8) is 0 Å². The molecule has 0 spiro atoms. The highest BCUT2D eigenvalue weighted by Crippen LogP contribution is 2.39. The second-order valence-corrected chi connectivity index (χ2v) is 8.54. The number of ether oxygens (including phenoxy) is 1. The number of nitrogens with one attached hydrogen (secondary N) is 1. The van der Waals surface area contributed by atoms with Crippen LogP contribution in [0.25, 0.3) is 5.57 Å². The van der Waals surface area contributed by atoms with Crippen molar-refractivity contribution in [1.29, 1.82) is 0 Å². The van der Waals surface area contributed by atoms with E-state index >= 15 is 0 Å². The van der Waals surface area contributed by atoms with Crippen LogP contribution in [0, 0.1) is 11.6 Å². The summed E-state index contributed by atoms with van der Waals surface area (Å²) in [6.45, 7) is 5.19. The first-order chi connectivity index (χ1) is 14.1. The fourth-order valence-electron chi connectivity index (χ4n) is 2.68. The molecule has 1 heterocycles. The van der Waals surface area contributed by atoms with Crippen LogP contribution < -0.4 is 9.46 Å². The first-order valence-electron chi connectivity index (χ1n) is 8.88. The normalized spacial score (nSPS) is 14.3. The Hall–Kier alpha value is -3.20. The molecule has 30 heavy (non-hydrogen) atoms. The summed E-state index contributed by atoms with van der Waals surface area (Å²) in [4.78, 5) is 1.57. The maximum absolute atomic E-state index is 14.7. The van der Waals surface area contributed by atoms with Crippen molar-refractivity contribution in [1.82, 2.24) is 4.90 Å². The molecule has 0 atom stereocenters. The molecular weight excluding hydrogens is 417 g/mol. The number of anilines is 1. The van der Waals surface area contributed by atoms with Gasteiger partial charge in [-0.1, -0.05) is 6.58 Å². The summed E-state index contributed by atoms with van der Waals surface area (Å²) < 4.78 is 73.8. The number of nitrogens with zero attached hydrogens (tertiary/aromatic N) is 1. The minimum absolute atomic E-state index is 0.0515. The van der Waals surface area contributed by atoms with Crippen molar-refractivity contribution in [3.05, 3.63) is 84.0 Å². The number of benzene rings is 2. The smallest absolute Gasteiger partial charge is 0.232 e. The molecule has 2 aromatic carbocycles. The Morgan fingerprint density at radius 2 is 1.80 bits per heavy atom. The van der Waals surface area contributed by atoms with Crippen molar-refractivity contribution in [3.8, 4) is 11.5 Å². The molecular formula is C21H19F3N2O3S. The molecule has 0 saturated carbocycles. The number of hydrogen-bond acceptors (Lipinski definition) is 4. The van der Waals surface area contributed by atoms with Crippen LogP contribution in [-0.4, -0.2) is 26.1 Å². The first kappa shape index (κ1) is 21.5. The highest BCUT2D eigenvalue weighted by atomic mass is 32.2. The van der Waals surface area contributed by atoms with E-state index < -0.39 is 27.5 Å². The Kier molecular flexibility index (Phi) is 5.93. The fraction of sp³-hybridized carbons (Fsp3) is 0.143. The van der Waals surface area contributed by atoms with Crippen LogP contribution in [0.1, 0.15) is 12.5 Å². The van der Waals surface area contributed by atoms with Crippen LogP contribution >= 0.6 is 0 Å². The molecule has 1 aliphatic heterocycles. The quantitative estimate of drug-likeness (QED) is 0.679. The summed E-state index contributed by atoms with van der Waals surface area (Å²) in [5.41, 5.74) is 0.841. The van der Waals surface area contributed by atoms with Crippen LogP contribution in [-0.2, 0) is 10.0 Å². The Morgan fingerprint density at radius 3 is 2.47 bits per heavy atom. The predicted octanol–water partition coefficient (Wildman–Crippen LogP) is 5.17. The van der Waals surface area contributed by atoms with Crippen molar-refractivity contribution in [2.75, 3.05) is 17.5 Å². The van der Waals surface area contributed by atoms with Crippen LogP contribution in [0.3, 0.4) is 0 Å². The number of allylic oxidation sites excluding steroid dienone is 3. The molecule has 0 aromatic heterocycles. The van der Waals surface area contributed by atoms with E-state index in [1.54, 1.807) is 11.9 Å². The molecule has 0 saturated heterocycles. The van der Waals surface area contributed by atoms with Gasteiger partial charge in [0.25, 0.3) is 0 Å². The molecule has 0 aliphatic carbocycles. The Morgan fingerprint density at radius 1 is 1.10 bits per heavy atom. The van der Waals surface area contributed by atoms with Gasteiger partial charge < -0.3 is 9.64 Å². The average Bonchev–Trinajstić information content (AvgIpc) is 2.68. The zero-order chi connectivity index (χ0) is 22.1. The molecule has 2 aromatic rings. The van der Waals surface area contributed by atoms with Gasteiger partial charge in [-0.3, -0.25) is 4.72 Å². The minimum atomic E-state index is -3.58. The van der Waals surface area contributed by atoms with Gasteiger partial charge in [0.05, 0.1) is 5.75 Å². The average molecular weight is 436 g/mol. The molecule has 1 N–H and O–H groups in total. The van der Waals surface area contributed by atoms with E-state index in [9.17, 15) is 21.6 Å². The lowest BCUT2D eigenvalue weighted by Crippen LogP contribution is -2.15. The topological polar surface area (TPSA) is 58.6 Å². The molecule has 0 fully saturated rings. The number of rotatable bonds is 6. The van der Waals surface area contributed by atoms with Gasteiger partial charge in [0, 0.05) is 41.8 Å². The van der Waals surface area contributed by atoms with E-state index in [2.05, 4.69) is 11.3 Å². The highest BCUT2D eigenvalue weighted by molar-refractivity contribution is 7.92. The predicted molar refractivity (Wildman–Crippen MR) is 110 cm³/mol. The van der Waals surface area contributed by atoms with Crippen LogP contribution in [0.5, 0.6) is 11.5 Å². The SMILES string of the molecule is C=C1C=C(F)C(c2cc(NS(=O)(=O)CC)ccc2Oc2ccc(F)cc2F)=CN1C. The molecule has 5 nitrogen and oxygen atoms in total. The van der Waals surface area contributed by atoms with E-state index in [-0.39, 0.29) is 34.1 Å². The van der Waals surface area contributed by atoms with Gasteiger partial charge in [0.2, 0.25) is 10.0 Å². The first-order valence-corrected chi connectivity index (χ1v) is 10.5. The summed E-state index contributed by atoms with van der Waals surface area (Å²) >= 11 is 0. The van der Waals surface area contributed by atoms with Crippen molar-refractivity contribution in [2.45, 2.75) is 6.92 Å². The fourth-order valence-corrected chi connectivity index (χ4v) is 3.31. The van der Waals surface area contributed by atoms with Crippen LogP contribution in [0.2, 0.25) is 0 Å². The standard InChI is InChI=1S/C21H19F3N2O3S/c1-4-30(27,28)25-15-6-8-20(29-21-7-5-14(22)10-19(21)24)16(11-15)17-12-26(3)13(2)9-18(17)23/h5-12,25H,2,4H2,1,3H3. The third-order valence-electron chi connectivity index (χ3n) is 4.36. The lowest BCUT2D eigenvalue weighted by atomic mass is 10.0. The van der Waals surface area contributed by atoms with E-state index in [4.69, 9.17) is 4.74 Å². The van der Waals surface area contributed by atoms with Gasteiger partial charge >= 0.3 is 0 Å². The second-order valence-electron chi connectivity index (χ2n) is 6.53. The molecule has 0 amide bonds. The largest absolute Gasteiger partial charge is 0.454 e. The monoisotopic (exact) mass is 436 g/mol. The zero-order valence-electron chi connectivity index (χ0n) is 16.2. The molecule has 0 radical (unpaired) electrons. The van der Waals surface area contributed by atoms with Crippen LogP contribution in [0.4, 0.5) is 18.9 Å². The molecule has 0 unspecified atom stereocenters. The van der Waals surface area contributed by atoms with E-state index in [0.717, 1.165) is 12.1 Å². The molecule has 158 valence electrons. The van der Waals surface area contributed by atoms with Gasteiger partial charge in [-0.2, -0.15) is 0 Å². The van der Waals surface area contributed by atoms with Gasteiger partial charge in [-0.25, -0.2) is 21.6 Å². The van der Waals surface area contributed by atoms with Crippen molar-refractivity contribution in [2.24, 2.45) is 0 Å². The van der Waals surface area contributed by atoms with E-state index in [0.29, 0.717) is 11.8 Å².